The lowest BCUT2D eigenvalue weighted by Crippen LogP contribution is -2.23. The molecule has 0 aromatic heterocycles. The first-order valence-corrected chi connectivity index (χ1v) is 7.65. The Hall–Kier alpha value is -1.80. The van der Waals surface area contributed by atoms with Gasteiger partial charge >= 0.3 is 0 Å². The van der Waals surface area contributed by atoms with E-state index in [4.69, 9.17) is 4.74 Å². The van der Waals surface area contributed by atoms with Crippen molar-refractivity contribution in [3.8, 4) is 5.75 Å². The fourth-order valence-electron chi connectivity index (χ4n) is 2.98. The lowest BCUT2D eigenvalue weighted by atomic mass is 9.96. The molecule has 2 atom stereocenters. The number of fused-ring (bicyclic) bond motifs is 1. The van der Waals surface area contributed by atoms with Crippen LogP contribution >= 0.6 is 0 Å². The molecule has 0 radical (unpaired) electrons. The van der Waals surface area contributed by atoms with Crippen molar-refractivity contribution in [2.24, 2.45) is 5.92 Å². The van der Waals surface area contributed by atoms with Crippen LogP contribution in [0.25, 0.3) is 0 Å². The number of hydrogen-bond acceptors (Lipinski definition) is 2. The van der Waals surface area contributed by atoms with E-state index >= 15 is 0 Å². The average molecular weight is 282 g/mol. The van der Waals surface area contributed by atoms with E-state index in [9.17, 15) is 5.11 Å². The Bertz CT molecular complexity index is 593. The van der Waals surface area contributed by atoms with Crippen LogP contribution in [-0.4, -0.2) is 11.2 Å². The summed E-state index contributed by atoms with van der Waals surface area (Å²) in [5.41, 5.74) is 3.41. The molecular formula is C19H22O2. The highest BCUT2D eigenvalue weighted by Gasteiger charge is 2.29. The lowest BCUT2D eigenvalue weighted by Gasteiger charge is -2.19. The van der Waals surface area contributed by atoms with Crippen LogP contribution in [0.3, 0.4) is 0 Å². The van der Waals surface area contributed by atoms with Gasteiger partial charge in [-0.1, -0.05) is 56.3 Å². The number of aliphatic hydroxyl groups is 1. The normalized spacial score (nSPS) is 18.4. The highest BCUT2D eigenvalue weighted by molar-refractivity contribution is 5.38. The molecule has 2 heteroatoms. The van der Waals surface area contributed by atoms with Crippen molar-refractivity contribution in [1.82, 2.24) is 0 Å². The second-order valence-corrected chi connectivity index (χ2v) is 6.26. The van der Waals surface area contributed by atoms with Gasteiger partial charge in [-0.25, -0.2) is 0 Å². The van der Waals surface area contributed by atoms with Crippen molar-refractivity contribution in [2.45, 2.75) is 38.9 Å². The fraction of sp³-hybridized carbons (Fsp3) is 0.368. The molecule has 1 heterocycles. The predicted molar refractivity (Wildman–Crippen MR) is 84.5 cm³/mol. The minimum absolute atomic E-state index is 0.184. The summed E-state index contributed by atoms with van der Waals surface area (Å²) in [6, 6.07) is 16.3. The largest absolute Gasteiger partial charge is 0.487 e. The quantitative estimate of drug-likeness (QED) is 0.921. The van der Waals surface area contributed by atoms with Crippen LogP contribution in [0.2, 0.25) is 0 Å². The summed E-state index contributed by atoms with van der Waals surface area (Å²) in [4.78, 5) is 0. The molecule has 0 bridgehead atoms. The standard InChI is InChI=1S/C19H22O2/c1-13(2)10-14-6-5-8-16(11-14)19(20)18-12-15-7-3-4-9-17(15)21-18/h3-9,11,13,18-20H,10,12H2,1-2H3. The Kier molecular flexibility index (Phi) is 3.98. The van der Waals surface area contributed by atoms with Gasteiger partial charge in [0.15, 0.2) is 0 Å². The number of para-hydroxylation sites is 1. The molecule has 0 saturated heterocycles. The first-order valence-electron chi connectivity index (χ1n) is 7.65. The zero-order valence-electron chi connectivity index (χ0n) is 12.6. The van der Waals surface area contributed by atoms with Gasteiger partial charge in [0.05, 0.1) is 0 Å². The van der Waals surface area contributed by atoms with Gasteiger partial charge in [0, 0.05) is 6.42 Å². The van der Waals surface area contributed by atoms with Gasteiger partial charge in [-0.05, 0) is 35.1 Å². The smallest absolute Gasteiger partial charge is 0.133 e. The third kappa shape index (κ3) is 3.11. The van der Waals surface area contributed by atoms with E-state index in [2.05, 4.69) is 32.0 Å². The molecule has 0 aliphatic carbocycles. The molecule has 1 aliphatic heterocycles. The minimum Gasteiger partial charge on any atom is -0.487 e. The minimum atomic E-state index is -0.579. The van der Waals surface area contributed by atoms with Crippen molar-refractivity contribution in [3.05, 3.63) is 65.2 Å². The summed E-state index contributed by atoms with van der Waals surface area (Å²) in [6.45, 7) is 4.42. The van der Waals surface area contributed by atoms with Crippen molar-refractivity contribution >= 4 is 0 Å². The summed E-state index contributed by atoms with van der Waals surface area (Å²) in [7, 11) is 0. The summed E-state index contributed by atoms with van der Waals surface area (Å²) in [5, 5.41) is 10.6. The maximum atomic E-state index is 10.6. The van der Waals surface area contributed by atoms with Gasteiger partial charge in [-0.3, -0.25) is 0 Å². The van der Waals surface area contributed by atoms with Gasteiger partial charge in [0.1, 0.15) is 18.0 Å². The Morgan fingerprint density at radius 2 is 1.95 bits per heavy atom. The molecule has 0 amide bonds. The molecule has 2 unspecified atom stereocenters. The van der Waals surface area contributed by atoms with Crippen molar-refractivity contribution < 1.29 is 9.84 Å². The van der Waals surface area contributed by atoms with Gasteiger partial charge in [0.2, 0.25) is 0 Å². The highest BCUT2D eigenvalue weighted by Crippen LogP contribution is 2.34. The molecule has 2 aromatic carbocycles. The maximum Gasteiger partial charge on any atom is 0.133 e. The first kappa shape index (κ1) is 14.2. The Balaban J connectivity index is 1.76. The van der Waals surface area contributed by atoms with E-state index in [-0.39, 0.29) is 6.10 Å². The first-order chi connectivity index (χ1) is 10.1. The Morgan fingerprint density at radius 1 is 1.14 bits per heavy atom. The molecule has 1 N–H and O–H groups in total. The molecule has 2 aromatic rings. The van der Waals surface area contributed by atoms with Crippen LogP contribution in [-0.2, 0) is 12.8 Å². The maximum absolute atomic E-state index is 10.6. The van der Waals surface area contributed by atoms with Crippen molar-refractivity contribution in [1.29, 1.82) is 0 Å². The van der Waals surface area contributed by atoms with Crippen LogP contribution in [0.15, 0.2) is 48.5 Å². The van der Waals surface area contributed by atoms with Crippen molar-refractivity contribution in [2.75, 3.05) is 0 Å². The zero-order chi connectivity index (χ0) is 14.8. The van der Waals surface area contributed by atoms with Crippen LogP contribution in [0.4, 0.5) is 0 Å². The van der Waals surface area contributed by atoms with E-state index in [1.165, 1.54) is 11.1 Å². The van der Waals surface area contributed by atoms with Crippen LogP contribution in [0.5, 0.6) is 5.75 Å². The summed E-state index contributed by atoms with van der Waals surface area (Å²) < 4.78 is 5.89. The van der Waals surface area contributed by atoms with Crippen LogP contribution in [0, 0.1) is 5.92 Å². The highest BCUT2D eigenvalue weighted by atomic mass is 16.5. The summed E-state index contributed by atoms with van der Waals surface area (Å²) in [6.07, 6.45) is 1.04. The molecule has 110 valence electrons. The zero-order valence-corrected chi connectivity index (χ0v) is 12.6. The van der Waals surface area contributed by atoms with Gasteiger partial charge in [-0.15, -0.1) is 0 Å². The Morgan fingerprint density at radius 3 is 2.71 bits per heavy atom. The average Bonchev–Trinajstić information content (AvgIpc) is 2.90. The third-order valence-corrected chi connectivity index (χ3v) is 3.96. The molecule has 3 rings (SSSR count). The van der Waals surface area contributed by atoms with Crippen LogP contribution < -0.4 is 4.74 Å². The third-order valence-electron chi connectivity index (χ3n) is 3.96. The summed E-state index contributed by atoms with van der Waals surface area (Å²) >= 11 is 0. The number of aliphatic hydroxyl groups excluding tert-OH is 1. The number of ether oxygens (including phenoxy) is 1. The number of benzene rings is 2. The monoisotopic (exact) mass is 282 g/mol. The number of rotatable bonds is 4. The van der Waals surface area contributed by atoms with E-state index in [0.29, 0.717) is 5.92 Å². The number of hydrogen-bond donors (Lipinski definition) is 1. The molecule has 1 aliphatic rings. The molecule has 0 fully saturated rings. The van der Waals surface area contributed by atoms with Gasteiger partial charge < -0.3 is 9.84 Å². The SMILES string of the molecule is CC(C)Cc1cccc(C(O)C2Cc3ccccc3O2)c1. The molecule has 2 nitrogen and oxygen atoms in total. The predicted octanol–water partition coefficient (Wildman–Crippen LogP) is 3.92. The second-order valence-electron chi connectivity index (χ2n) is 6.26. The lowest BCUT2D eigenvalue weighted by molar-refractivity contribution is 0.0491. The van der Waals surface area contributed by atoms with E-state index < -0.39 is 6.10 Å². The summed E-state index contributed by atoms with van der Waals surface area (Å²) in [5.74, 6) is 1.52. The fourth-order valence-corrected chi connectivity index (χ4v) is 2.98. The van der Waals surface area contributed by atoms with Gasteiger partial charge in [-0.2, -0.15) is 0 Å². The Labute approximate surface area is 126 Å². The molecule has 0 saturated carbocycles. The van der Waals surface area contributed by atoms with E-state index in [1.807, 2.05) is 30.3 Å². The van der Waals surface area contributed by atoms with Crippen molar-refractivity contribution in [3.63, 3.8) is 0 Å². The topological polar surface area (TPSA) is 29.5 Å². The van der Waals surface area contributed by atoms with E-state index in [0.717, 1.165) is 24.2 Å². The van der Waals surface area contributed by atoms with E-state index in [1.54, 1.807) is 0 Å². The molecular weight excluding hydrogens is 260 g/mol. The molecule has 0 spiro atoms. The molecule has 21 heavy (non-hydrogen) atoms. The van der Waals surface area contributed by atoms with Gasteiger partial charge in [0.25, 0.3) is 0 Å². The second kappa shape index (κ2) is 5.90. The van der Waals surface area contributed by atoms with Crippen LogP contribution in [0.1, 0.15) is 36.6 Å².